The first kappa shape index (κ1) is 14.3. The third-order valence-corrected chi connectivity index (χ3v) is 3.40. The van der Waals surface area contributed by atoms with Gasteiger partial charge >= 0.3 is 0 Å². The predicted molar refractivity (Wildman–Crippen MR) is 67.0 cm³/mol. The summed E-state index contributed by atoms with van der Waals surface area (Å²) >= 11 is 0. The van der Waals surface area contributed by atoms with E-state index in [1.54, 1.807) is 0 Å². The summed E-state index contributed by atoms with van der Waals surface area (Å²) in [5.41, 5.74) is 0. The van der Waals surface area contributed by atoms with Gasteiger partial charge in [0, 0.05) is 38.6 Å². The number of halogens is 1. The lowest BCUT2D eigenvalue weighted by Gasteiger charge is -2.37. The van der Waals surface area contributed by atoms with Crippen LogP contribution in [0.4, 0.5) is 0 Å². The Bertz CT molecular complexity index is 288. The number of rotatable bonds is 1. The molecule has 0 aromatic rings. The molecule has 5 nitrogen and oxygen atoms in total. The van der Waals surface area contributed by atoms with Crippen molar-refractivity contribution in [3.05, 3.63) is 0 Å². The van der Waals surface area contributed by atoms with Gasteiger partial charge in [-0.2, -0.15) is 0 Å². The van der Waals surface area contributed by atoms with Gasteiger partial charge in [-0.25, -0.2) is 0 Å². The van der Waals surface area contributed by atoms with E-state index in [4.69, 9.17) is 0 Å². The summed E-state index contributed by atoms with van der Waals surface area (Å²) in [5, 5.41) is 6.03. The van der Waals surface area contributed by atoms with Gasteiger partial charge in [0.05, 0.1) is 5.92 Å². The fourth-order valence-corrected chi connectivity index (χ4v) is 2.35. The summed E-state index contributed by atoms with van der Waals surface area (Å²) in [5.74, 6) is 0.254. The van der Waals surface area contributed by atoms with E-state index in [9.17, 15) is 9.59 Å². The highest BCUT2D eigenvalue weighted by Crippen LogP contribution is 2.16. The maximum absolute atomic E-state index is 12.2. The normalized spacial score (nSPS) is 29.2. The molecule has 17 heavy (non-hydrogen) atoms. The fourth-order valence-electron chi connectivity index (χ4n) is 2.35. The molecule has 2 atom stereocenters. The maximum atomic E-state index is 12.2. The number of piperazine rings is 1. The lowest BCUT2D eigenvalue weighted by atomic mass is 9.96. The smallest absolute Gasteiger partial charge is 0.227 e. The largest absolute Gasteiger partial charge is 0.355 e. The van der Waals surface area contributed by atoms with Gasteiger partial charge in [0.15, 0.2) is 0 Å². The predicted octanol–water partition coefficient (Wildman–Crippen LogP) is -0.245. The molecule has 2 saturated heterocycles. The monoisotopic (exact) mass is 261 g/mol. The molecule has 6 heteroatoms. The number of hydrogen-bond donors (Lipinski definition) is 2. The minimum Gasteiger partial charge on any atom is -0.355 e. The summed E-state index contributed by atoms with van der Waals surface area (Å²) < 4.78 is 0. The van der Waals surface area contributed by atoms with Crippen molar-refractivity contribution in [1.29, 1.82) is 0 Å². The molecular weight excluding hydrogens is 242 g/mol. The van der Waals surface area contributed by atoms with Gasteiger partial charge in [0.25, 0.3) is 0 Å². The summed E-state index contributed by atoms with van der Waals surface area (Å²) in [6.45, 7) is 5.09. The number of amides is 2. The third-order valence-electron chi connectivity index (χ3n) is 3.40. The summed E-state index contributed by atoms with van der Waals surface area (Å²) in [6, 6.07) is 0.263. The Morgan fingerprint density at radius 2 is 2.18 bits per heavy atom. The van der Waals surface area contributed by atoms with E-state index in [2.05, 4.69) is 17.6 Å². The van der Waals surface area contributed by atoms with Crippen LogP contribution in [0.3, 0.4) is 0 Å². The molecule has 0 saturated carbocycles. The molecule has 1 unspecified atom stereocenters. The number of carbonyl (C=O) groups excluding carboxylic acids is 2. The van der Waals surface area contributed by atoms with Crippen molar-refractivity contribution in [1.82, 2.24) is 15.5 Å². The highest BCUT2D eigenvalue weighted by Gasteiger charge is 2.31. The molecule has 2 heterocycles. The van der Waals surface area contributed by atoms with Crippen molar-refractivity contribution in [2.75, 3.05) is 26.2 Å². The van der Waals surface area contributed by atoms with E-state index >= 15 is 0 Å². The Hall–Kier alpha value is -0.810. The van der Waals surface area contributed by atoms with Crippen LogP contribution in [0.15, 0.2) is 0 Å². The van der Waals surface area contributed by atoms with Crippen LogP contribution in [0.1, 0.15) is 19.8 Å². The lowest BCUT2D eigenvalue weighted by Crippen LogP contribution is -2.55. The van der Waals surface area contributed by atoms with Crippen LogP contribution >= 0.6 is 12.4 Å². The van der Waals surface area contributed by atoms with Crippen molar-refractivity contribution in [3.63, 3.8) is 0 Å². The van der Waals surface area contributed by atoms with Gasteiger partial charge in [0.1, 0.15) is 0 Å². The van der Waals surface area contributed by atoms with Gasteiger partial charge in [0.2, 0.25) is 11.8 Å². The second-order valence-corrected chi connectivity index (χ2v) is 4.62. The van der Waals surface area contributed by atoms with E-state index < -0.39 is 0 Å². The summed E-state index contributed by atoms with van der Waals surface area (Å²) in [6.07, 6.45) is 1.18. The zero-order chi connectivity index (χ0) is 11.5. The maximum Gasteiger partial charge on any atom is 0.227 e. The zero-order valence-corrected chi connectivity index (χ0v) is 10.9. The highest BCUT2D eigenvalue weighted by atomic mass is 35.5. The van der Waals surface area contributed by atoms with Crippen LogP contribution in [0.2, 0.25) is 0 Å². The lowest BCUT2D eigenvalue weighted by molar-refractivity contribution is -0.140. The van der Waals surface area contributed by atoms with Crippen molar-refractivity contribution in [3.8, 4) is 0 Å². The topological polar surface area (TPSA) is 61.4 Å². The van der Waals surface area contributed by atoms with Crippen LogP contribution in [-0.4, -0.2) is 48.9 Å². The second-order valence-electron chi connectivity index (χ2n) is 4.62. The van der Waals surface area contributed by atoms with Gasteiger partial charge in [-0.15, -0.1) is 12.4 Å². The molecule has 0 bridgehead atoms. The van der Waals surface area contributed by atoms with Crippen LogP contribution < -0.4 is 10.6 Å². The first-order chi connectivity index (χ1) is 7.68. The van der Waals surface area contributed by atoms with Gasteiger partial charge in [-0.3, -0.25) is 9.59 Å². The van der Waals surface area contributed by atoms with Crippen LogP contribution in [0.25, 0.3) is 0 Å². The molecule has 2 N–H and O–H groups in total. The van der Waals surface area contributed by atoms with Crippen molar-refractivity contribution in [2.45, 2.75) is 25.8 Å². The molecule has 0 aliphatic carbocycles. The zero-order valence-electron chi connectivity index (χ0n) is 10.1. The van der Waals surface area contributed by atoms with Gasteiger partial charge in [-0.05, 0) is 13.3 Å². The number of nitrogens with zero attached hydrogens (tertiary/aromatic N) is 1. The molecule has 2 rings (SSSR count). The minimum atomic E-state index is -0.0155. The van der Waals surface area contributed by atoms with E-state index in [-0.39, 0.29) is 36.2 Å². The Morgan fingerprint density at radius 1 is 1.41 bits per heavy atom. The second kappa shape index (κ2) is 6.21. The molecule has 2 aliphatic heterocycles. The van der Waals surface area contributed by atoms with E-state index in [1.165, 1.54) is 0 Å². The Morgan fingerprint density at radius 3 is 2.76 bits per heavy atom. The van der Waals surface area contributed by atoms with Crippen LogP contribution in [0, 0.1) is 5.92 Å². The van der Waals surface area contributed by atoms with Crippen LogP contribution in [0.5, 0.6) is 0 Å². The van der Waals surface area contributed by atoms with E-state index in [0.717, 1.165) is 19.6 Å². The highest BCUT2D eigenvalue weighted by molar-refractivity contribution is 5.85. The molecule has 2 amide bonds. The molecule has 0 spiro atoms. The Labute approximate surface area is 108 Å². The number of carbonyl (C=O) groups is 2. The van der Waals surface area contributed by atoms with Crippen LogP contribution in [-0.2, 0) is 9.59 Å². The quantitative estimate of drug-likeness (QED) is 0.685. The van der Waals surface area contributed by atoms with Crippen molar-refractivity contribution in [2.24, 2.45) is 5.92 Å². The molecule has 0 radical (unpaired) electrons. The average Bonchev–Trinajstić information content (AvgIpc) is 2.30. The Kier molecular flexibility index (Phi) is 5.21. The standard InChI is InChI=1S/C11H19N3O2.ClH/c1-8-6-12-4-5-14(8)11(16)9-2-3-10(15)13-7-9;/h8-9,12H,2-7H2,1H3,(H,13,15);1H/t8-,9?;/m1./s1. The molecule has 0 aromatic carbocycles. The number of hydrogen-bond acceptors (Lipinski definition) is 3. The molecular formula is C11H20ClN3O2. The van der Waals surface area contributed by atoms with Gasteiger partial charge in [-0.1, -0.05) is 0 Å². The Balaban J connectivity index is 0.00000144. The fraction of sp³-hybridized carbons (Fsp3) is 0.818. The number of nitrogens with one attached hydrogen (secondary N) is 2. The first-order valence-corrected chi connectivity index (χ1v) is 5.96. The van der Waals surface area contributed by atoms with E-state index in [0.29, 0.717) is 19.4 Å². The summed E-state index contributed by atoms with van der Waals surface area (Å²) in [7, 11) is 0. The van der Waals surface area contributed by atoms with Crippen molar-refractivity contribution < 1.29 is 9.59 Å². The summed E-state index contributed by atoms with van der Waals surface area (Å²) in [4.78, 5) is 25.2. The first-order valence-electron chi connectivity index (χ1n) is 5.96. The minimum absolute atomic E-state index is 0. The third kappa shape index (κ3) is 3.33. The van der Waals surface area contributed by atoms with Gasteiger partial charge < -0.3 is 15.5 Å². The molecule has 2 fully saturated rings. The van der Waals surface area contributed by atoms with E-state index in [1.807, 2.05) is 4.90 Å². The SMILES string of the molecule is C[C@@H]1CNCCN1C(=O)C1CCC(=O)NC1.Cl. The average molecular weight is 262 g/mol. The molecule has 0 aromatic heterocycles. The molecule has 2 aliphatic rings. The molecule has 98 valence electrons. The van der Waals surface area contributed by atoms with Crippen molar-refractivity contribution >= 4 is 24.2 Å². The number of piperidine rings is 1.